The van der Waals surface area contributed by atoms with E-state index in [1.54, 1.807) is 38.5 Å². The van der Waals surface area contributed by atoms with Gasteiger partial charge in [0.2, 0.25) is 0 Å². The normalized spacial score (nSPS) is 51.5. The fraction of sp³-hybridized carbons (Fsp3) is 1.00. The second-order valence-electron chi connectivity index (χ2n) is 8.26. The van der Waals surface area contributed by atoms with Crippen molar-refractivity contribution < 1.29 is 0 Å². The van der Waals surface area contributed by atoms with Crippen LogP contribution in [0.3, 0.4) is 0 Å². The summed E-state index contributed by atoms with van der Waals surface area (Å²) in [6.07, 6.45) is 13.4. The number of rotatable bonds is 3. The average Bonchev–Trinajstić information content (AvgIpc) is 2.94. The van der Waals surface area contributed by atoms with Gasteiger partial charge in [-0.15, -0.1) is 0 Å². The zero-order valence-electron chi connectivity index (χ0n) is 11.3. The summed E-state index contributed by atoms with van der Waals surface area (Å²) < 4.78 is 0. The van der Waals surface area contributed by atoms with Crippen molar-refractivity contribution in [2.75, 3.05) is 0 Å². The van der Waals surface area contributed by atoms with Crippen LogP contribution in [0.15, 0.2) is 0 Å². The SMILES string of the molecule is CC(CC12CC3CC(CC(C3)C1)C2)C1(N)CC1. The van der Waals surface area contributed by atoms with Gasteiger partial charge in [-0.3, -0.25) is 0 Å². The molecule has 5 rings (SSSR count). The molecule has 1 heteroatoms. The van der Waals surface area contributed by atoms with Gasteiger partial charge in [0.25, 0.3) is 0 Å². The van der Waals surface area contributed by atoms with E-state index < -0.39 is 0 Å². The molecular weight excluding hydrogens is 206 g/mol. The molecule has 96 valence electrons. The number of nitrogens with two attached hydrogens (primary N) is 1. The first kappa shape index (κ1) is 10.8. The van der Waals surface area contributed by atoms with Gasteiger partial charge < -0.3 is 5.73 Å². The van der Waals surface area contributed by atoms with Gasteiger partial charge in [0.15, 0.2) is 0 Å². The Kier molecular flexibility index (Phi) is 2.10. The highest BCUT2D eigenvalue weighted by atomic mass is 14.8. The number of hydrogen-bond acceptors (Lipinski definition) is 1. The lowest BCUT2D eigenvalue weighted by molar-refractivity contribution is -0.0663. The monoisotopic (exact) mass is 233 g/mol. The van der Waals surface area contributed by atoms with Crippen LogP contribution in [-0.4, -0.2) is 5.54 Å². The van der Waals surface area contributed by atoms with Crippen LogP contribution in [0.5, 0.6) is 0 Å². The Balaban J connectivity index is 1.52. The molecule has 1 atom stereocenters. The van der Waals surface area contributed by atoms with E-state index in [2.05, 4.69) is 6.92 Å². The van der Waals surface area contributed by atoms with Gasteiger partial charge in [-0.2, -0.15) is 0 Å². The minimum atomic E-state index is 0.253. The molecule has 17 heavy (non-hydrogen) atoms. The Bertz CT molecular complexity index is 293. The summed E-state index contributed by atoms with van der Waals surface area (Å²) in [7, 11) is 0. The largest absolute Gasteiger partial charge is 0.325 e. The maximum atomic E-state index is 6.42. The minimum Gasteiger partial charge on any atom is -0.325 e. The smallest absolute Gasteiger partial charge is 0.0181 e. The van der Waals surface area contributed by atoms with Crippen molar-refractivity contribution in [2.45, 2.75) is 70.3 Å². The van der Waals surface area contributed by atoms with Gasteiger partial charge in [0, 0.05) is 5.54 Å². The van der Waals surface area contributed by atoms with Crippen molar-refractivity contribution in [1.29, 1.82) is 0 Å². The molecule has 0 heterocycles. The highest BCUT2D eigenvalue weighted by Crippen LogP contribution is 2.63. The predicted octanol–water partition coefficient (Wildman–Crippen LogP) is 3.72. The standard InChI is InChI=1S/C16H27N/c1-11(16(17)2-3-16)7-15-8-12-4-13(9-15)6-14(5-12)10-15/h11-14H,2-10,17H2,1H3. The van der Waals surface area contributed by atoms with Crippen LogP contribution in [0.25, 0.3) is 0 Å². The maximum Gasteiger partial charge on any atom is 0.0181 e. The van der Waals surface area contributed by atoms with Crippen molar-refractivity contribution in [3.05, 3.63) is 0 Å². The van der Waals surface area contributed by atoms with E-state index >= 15 is 0 Å². The molecule has 5 fully saturated rings. The van der Waals surface area contributed by atoms with Gasteiger partial charge in [-0.05, 0) is 86.9 Å². The molecule has 5 saturated carbocycles. The van der Waals surface area contributed by atoms with E-state index in [-0.39, 0.29) is 5.54 Å². The van der Waals surface area contributed by atoms with Gasteiger partial charge in [-0.1, -0.05) is 6.92 Å². The molecule has 0 aliphatic heterocycles. The van der Waals surface area contributed by atoms with Gasteiger partial charge >= 0.3 is 0 Å². The van der Waals surface area contributed by atoms with E-state index in [1.165, 1.54) is 19.3 Å². The summed E-state index contributed by atoms with van der Waals surface area (Å²) in [6.45, 7) is 2.44. The lowest BCUT2D eigenvalue weighted by Gasteiger charge is -2.58. The van der Waals surface area contributed by atoms with E-state index in [4.69, 9.17) is 5.73 Å². The molecule has 0 aromatic heterocycles. The van der Waals surface area contributed by atoms with Crippen molar-refractivity contribution in [1.82, 2.24) is 0 Å². The first-order valence-electron chi connectivity index (χ1n) is 7.86. The summed E-state index contributed by atoms with van der Waals surface area (Å²) in [5.74, 6) is 4.07. The zero-order valence-corrected chi connectivity index (χ0v) is 11.3. The van der Waals surface area contributed by atoms with Crippen LogP contribution >= 0.6 is 0 Å². The first-order valence-corrected chi connectivity index (χ1v) is 7.86. The summed E-state index contributed by atoms with van der Waals surface area (Å²) in [6, 6.07) is 0. The van der Waals surface area contributed by atoms with Crippen molar-refractivity contribution >= 4 is 0 Å². The maximum absolute atomic E-state index is 6.42. The van der Waals surface area contributed by atoms with E-state index in [0.29, 0.717) is 0 Å². The fourth-order valence-corrected chi connectivity index (χ4v) is 6.03. The van der Waals surface area contributed by atoms with Crippen molar-refractivity contribution in [3.8, 4) is 0 Å². The average molecular weight is 233 g/mol. The molecule has 2 N–H and O–H groups in total. The molecule has 1 nitrogen and oxygen atoms in total. The highest BCUT2D eigenvalue weighted by Gasteiger charge is 2.53. The Labute approximate surface area is 106 Å². The molecule has 0 aromatic rings. The Morgan fingerprint density at radius 1 is 1.00 bits per heavy atom. The second-order valence-corrected chi connectivity index (χ2v) is 8.26. The van der Waals surface area contributed by atoms with Crippen LogP contribution < -0.4 is 5.73 Å². The second kappa shape index (κ2) is 3.29. The molecule has 5 aliphatic rings. The van der Waals surface area contributed by atoms with Crippen LogP contribution in [-0.2, 0) is 0 Å². The molecular formula is C16H27N. The Hall–Kier alpha value is -0.0400. The van der Waals surface area contributed by atoms with Crippen LogP contribution in [0.2, 0.25) is 0 Å². The van der Waals surface area contributed by atoms with Crippen molar-refractivity contribution in [3.63, 3.8) is 0 Å². The molecule has 0 radical (unpaired) electrons. The van der Waals surface area contributed by atoms with Crippen LogP contribution in [0, 0.1) is 29.1 Å². The Morgan fingerprint density at radius 2 is 1.47 bits per heavy atom. The topological polar surface area (TPSA) is 26.0 Å². The van der Waals surface area contributed by atoms with Gasteiger partial charge in [-0.25, -0.2) is 0 Å². The van der Waals surface area contributed by atoms with Crippen LogP contribution in [0.4, 0.5) is 0 Å². The first-order chi connectivity index (χ1) is 8.07. The predicted molar refractivity (Wildman–Crippen MR) is 70.5 cm³/mol. The fourth-order valence-electron chi connectivity index (χ4n) is 6.03. The van der Waals surface area contributed by atoms with Crippen molar-refractivity contribution in [2.24, 2.45) is 34.8 Å². The zero-order chi connectivity index (χ0) is 11.7. The third-order valence-electron chi connectivity index (χ3n) is 6.71. The minimum absolute atomic E-state index is 0.253. The van der Waals surface area contributed by atoms with E-state index in [0.717, 1.165) is 29.1 Å². The molecule has 0 saturated heterocycles. The van der Waals surface area contributed by atoms with E-state index in [9.17, 15) is 0 Å². The highest BCUT2D eigenvalue weighted by molar-refractivity contribution is 5.07. The van der Waals surface area contributed by atoms with E-state index in [1.807, 2.05) is 0 Å². The number of hydrogen-bond donors (Lipinski definition) is 1. The summed E-state index contributed by atoms with van der Waals surface area (Å²) in [5.41, 5.74) is 7.41. The van der Waals surface area contributed by atoms with Gasteiger partial charge in [0.1, 0.15) is 0 Å². The molecule has 0 spiro atoms. The lowest BCUT2D eigenvalue weighted by atomic mass is 9.48. The summed E-state index contributed by atoms with van der Waals surface area (Å²) in [5, 5.41) is 0. The summed E-state index contributed by atoms with van der Waals surface area (Å²) in [4.78, 5) is 0. The molecule has 0 amide bonds. The lowest BCUT2D eigenvalue weighted by Crippen LogP contribution is -2.48. The molecule has 0 aromatic carbocycles. The quantitative estimate of drug-likeness (QED) is 0.790. The van der Waals surface area contributed by atoms with Gasteiger partial charge in [0.05, 0.1) is 0 Å². The summed E-state index contributed by atoms with van der Waals surface area (Å²) >= 11 is 0. The van der Waals surface area contributed by atoms with Crippen LogP contribution in [0.1, 0.15) is 64.7 Å². The molecule has 5 aliphatic carbocycles. The third-order valence-corrected chi connectivity index (χ3v) is 6.71. The molecule has 1 unspecified atom stereocenters. The third kappa shape index (κ3) is 1.69. The Morgan fingerprint density at radius 3 is 1.88 bits per heavy atom. The molecule has 4 bridgehead atoms.